The maximum absolute atomic E-state index is 15.2. The molecule has 1 N–H and O–H groups in total. The number of benzene rings is 1. The molecular formula is C23H21Cl3F4N2O2. The maximum Gasteiger partial charge on any atom is 0.420 e. The maximum atomic E-state index is 15.2. The smallest absolute Gasteiger partial charge is 0.335 e. The van der Waals surface area contributed by atoms with Gasteiger partial charge in [-0.05, 0) is 30.4 Å². The van der Waals surface area contributed by atoms with E-state index in [1.54, 1.807) is 24.3 Å². The molecule has 4 nitrogen and oxygen atoms in total. The number of nitrogens with one attached hydrogen (secondary N) is 1. The number of nitrogens with zero attached hydrogens (tertiary/aromatic N) is 1. The van der Waals surface area contributed by atoms with E-state index in [1.807, 2.05) is 0 Å². The molecule has 5 rings (SSSR count). The van der Waals surface area contributed by atoms with E-state index in [1.165, 1.54) is 11.0 Å². The Labute approximate surface area is 208 Å². The molecule has 34 heavy (non-hydrogen) atoms. The highest BCUT2D eigenvalue weighted by Gasteiger charge is 2.64. The van der Waals surface area contributed by atoms with Gasteiger partial charge in [0.15, 0.2) is 11.3 Å². The van der Waals surface area contributed by atoms with Gasteiger partial charge in [0.1, 0.15) is 0 Å². The van der Waals surface area contributed by atoms with Crippen LogP contribution in [0.25, 0.3) is 0 Å². The van der Waals surface area contributed by atoms with Gasteiger partial charge < -0.3 is 4.90 Å². The molecule has 1 aromatic carbocycles. The number of likely N-dealkylation sites (tertiary alicyclic amines) is 1. The Balaban J connectivity index is 1.31. The molecule has 3 atom stereocenters. The number of carbonyl (C=O) groups excluding carboxylic acids is 1. The predicted molar refractivity (Wildman–Crippen MR) is 120 cm³/mol. The van der Waals surface area contributed by atoms with Gasteiger partial charge in [-0.15, -0.1) is 0 Å². The van der Waals surface area contributed by atoms with Crippen molar-refractivity contribution in [2.75, 3.05) is 13.1 Å². The van der Waals surface area contributed by atoms with E-state index in [4.69, 9.17) is 39.6 Å². The number of halogens is 7. The van der Waals surface area contributed by atoms with Crippen LogP contribution in [0, 0.1) is 11.8 Å². The van der Waals surface area contributed by atoms with Crippen LogP contribution >= 0.6 is 34.8 Å². The molecule has 4 aliphatic rings. The van der Waals surface area contributed by atoms with Crippen molar-refractivity contribution in [2.45, 2.75) is 49.2 Å². The SMILES string of the molecule is O=C(C1CC1)N1CC(F)(c2ccc(C3CC(C4C=C(Cl)C(Cl)=C(Cl)C4)(C(F)(F)F)ON3)cc2)C1. The topological polar surface area (TPSA) is 41.6 Å². The predicted octanol–water partition coefficient (Wildman–Crippen LogP) is 6.20. The lowest BCUT2D eigenvalue weighted by atomic mass is 9.77. The van der Waals surface area contributed by atoms with Crippen molar-refractivity contribution >= 4 is 40.7 Å². The third-order valence-electron chi connectivity index (χ3n) is 7.12. The summed E-state index contributed by atoms with van der Waals surface area (Å²) >= 11 is 18.0. The van der Waals surface area contributed by atoms with Gasteiger partial charge in [0, 0.05) is 23.3 Å². The average molecular weight is 540 g/mol. The second-order valence-corrected chi connectivity index (χ2v) is 10.7. The first-order chi connectivity index (χ1) is 15.9. The summed E-state index contributed by atoms with van der Waals surface area (Å²) < 4.78 is 58.0. The summed E-state index contributed by atoms with van der Waals surface area (Å²) in [7, 11) is 0. The second kappa shape index (κ2) is 8.37. The molecule has 1 aromatic rings. The second-order valence-electron chi connectivity index (χ2n) is 9.46. The highest BCUT2D eigenvalue weighted by Crippen LogP contribution is 2.53. The Morgan fingerprint density at radius 1 is 1.12 bits per heavy atom. The number of rotatable bonds is 4. The van der Waals surface area contributed by atoms with Crippen LogP contribution < -0.4 is 5.48 Å². The normalized spacial score (nSPS) is 31.4. The van der Waals surface area contributed by atoms with Crippen molar-refractivity contribution in [3.05, 3.63) is 56.6 Å². The van der Waals surface area contributed by atoms with Gasteiger partial charge in [-0.2, -0.15) is 18.7 Å². The molecule has 2 aliphatic carbocycles. The van der Waals surface area contributed by atoms with Crippen LogP contribution in [-0.4, -0.2) is 35.7 Å². The minimum atomic E-state index is -4.72. The Kier molecular flexibility index (Phi) is 6.00. The molecule has 2 heterocycles. The van der Waals surface area contributed by atoms with Crippen LogP contribution in [0.4, 0.5) is 17.6 Å². The number of hydrogen-bond donors (Lipinski definition) is 1. The summed E-state index contributed by atoms with van der Waals surface area (Å²) in [4.78, 5) is 18.8. The summed E-state index contributed by atoms with van der Waals surface area (Å²) in [5.41, 5.74) is -0.789. The van der Waals surface area contributed by atoms with Crippen LogP contribution in [0.5, 0.6) is 0 Å². The number of allylic oxidation sites excluding steroid dienone is 3. The Bertz CT molecular complexity index is 1060. The number of hydroxylamine groups is 1. The first kappa shape index (κ1) is 24.4. The number of amides is 1. The van der Waals surface area contributed by atoms with Crippen LogP contribution in [0.2, 0.25) is 0 Å². The number of hydrogen-bond acceptors (Lipinski definition) is 3. The molecule has 1 saturated carbocycles. The number of alkyl halides is 4. The van der Waals surface area contributed by atoms with Gasteiger partial charge in [0.25, 0.3) is 0 Å². The van der Waals surface area contributed by atoms with E-state index in [0.717, 1.165) is 12.8 Å². The molecule has 3 fully saturated rings. The lowest BCUT2D eigenvalue weighted by Gasteiger charge is -2.45. The van der Waals surface area contributed by atoms with Crippen LogP contribution in [0.3, 0.4) is 0 Å². The van der Waals surface area contributed by atoms with Crippen molar-refractivity contribution in [1.82, 2.24) is 10.4 Å². The molecule has 3 unspecified atom stereocenters. The third-order valence-corrected chi connectivity index (χ3v) is 8.40. The molecule has 2 saturated heterocycles. The van der Waals surface area contributed by atoms with Crippen molar-refractivity contribution in [1.29, 1.82) is 0 Å². The third kappa shape index (κ3) is 4.05. The van der Waals surface area contributed by atoms with E-state index < -0.39 is 35.8 Å². The summed E-state index contributed by atoms with van der Waals surface area (Å²) in [5.74, 6) is -1.15. The average Bonchev–Trinajstić information content (AvgIpc) is 3.51. The van der Waals surface area contributed by atoms with E-state index in [2.05, 4.69) is 5.48 Å². The van der Waals surface area contributed by atoms with Crippen molar-refractivity contribution < 1.29 is 27.2 Å². The highest BCUT2D eigenvalue weighted by molar-refractivity contribution is 6.48. The molecule has 0 spiro atoms. The quantitative estimate of drug-likeness (QED) is 0.463. The van der Waals surface area contributed by atoms with E-state index in [-0.39, 0.29) is 46.4 Å². The summed E-state index contributed by atoms with van der Waals surface area (Å²) in [6, 6.07) is 5.50. The van der Waals surface area contributed by atoms with Gasteiger partial charge in [0.05, 0.1) is 29.2 Å². The zero-order valence-electron chi connectivity index (χ0n) is 17.8. The van der Waals surface area contributed by atoms with Gasteiger partial charge in [0.2, 0.25) is 5.91 Å². The minimum Gasteiger partial charge on any atom is -0.335 e. The summed E-state index contributed by atoms with van der Waals surface area (Å²) in [6.07, 6.45) is -2.36. The lowest BCUT2D eigenvalue weighted by Crippen LogP contribution is -2.59. The van der Waals surface area contributed by atoms with E-state index in [9.17, 15) is 18.0 Å². The van der Waals surface area contributed by atoms with E-state index in [0.29, 0.717) is 11.1 Å². The van der Waals surface area contributed by atoms with Gasteiger partial charge in [-0.25, -0.2) is 4.39 Å². The molecule has 1 amide bonds. The van der Waals surface area contributed by atoms with E-state index >= 15 is 4.39 Å². The largest absolute Gasteiger partial charge is 0.420 e. The zero-order chi connectivity index (χ0) is 24.5. The first-order valence-electron chi connectivity index (χ1n) is 10.9. The van der Waals surface area contributed by atoms with Crippen LogP contribution in [0.15, 0.2) is 45.4 Å². The fourth-order valence-electron chi connectivity index (χ4n) is 4.88. The molecule has 0 aromatic heterocycles. The summed E-state index contributed by atoms with van der Waals surface area (Å²) in [6.45, 7) is -0.00939. The van der Waals surface area contributed by atoms with Crippen LogP contribution in [-0.2, 0) is 15.3 Å². The van der Waals surface area contributed by atoms with Crippen molar-refractivity contribution in [3.8, 4) is 0 Å². The zero-order valence-corrected chi connectivity index (χ0v) is 20.0. The highest BCUT2D eigenvalue weighted by atomic mass is 35.5. The molecule has 0 radical (unpaired) electrons. The lowest BCUT2D eigenvalue weighted by molar-refractivity contribution is -0.289. The molecule has 0 bridgehead atoms. The Morgan fingerprint density at radius 2 is 1.76 bits per heavy atom. The van der Waals surface area contributed by atoms with Crippen molar-refractivity contribution in [3.63, 3.8) is 0 Å². The fourth-order valence-corrected chi connectivity index (χ4v) is 5.60. The fraction of sp³-hybridized carbons (Fsp3) is 0.522. The molecule has 184 valence electrons. The molecule has 11 heteroatoms. The Morgan fingerprint density at radius 3 is 2.32 bits per heavy atom. The van der Waals surface area contributed by atoms with Gasteiger partial charge in [-0.3, -0.25) is 9.63 Å². The first-order valence-corrected chi connectivity index (χ1v) is 12.1. The van der Waals surface area contributed by atoms with Gasteiger partial charge >= 0.3 is 6.18 Å². The molecular weight excluding hydrogens is 519 g/mol. The minimum absolute atomic E-state index is 0.00470. The number of carbonyl (C=O) groups is 1. The standard InChI is InChI=1S/C23H21Cl3F4N2O2/c24-16-7-15(8-17(25)19(16)26)22(23(28,29)30)9-18(31-34-22)12-3-5-14(6-4-12)21(27)10-32(11-21)20(33)13-1-2-13/h3-7,13,15,18,31H,1-2,8-11H2. The van der Waals surface area contributed by atoms with Crippen molar-refractivity contribution in [2.24, 2.45) is 11.8 Å². The Hall–Kier alpha value is -1.32. The van der Waals surface area contributed by atoms with Gasteiger partial charge in [-0.1, -0.05) is 65.1 Å². The summed E-state index contributed by atoms with van der Waals surface area (Å²) in [5, 5.41) is 0.0246. The monoisotopic (exact) mass is 538 g/mol. The molecule has 2 aliphatic heterocycles. The van der Waals surface area contributed by atoms with Crippen LogP contribution in [0.1, 0.15) is 42.9 Å².